The summed E-state index contributed by atoms with van der Waals surface area (Å²) in [4.78, 5) is 15.8. The molecule has 1 aromatic heterocycles. The van der Waals surface area contributed by atoms with Gasteiger partial charge in [0.05, 0.1) is 6.42 Å². The number of rotatable bonds is 6. The van der Waals surface area contributed by atoms with E-state index in [1.165, 1.54) is 26.4 Å². The first kappa shape index (κ1) is 14.2. The van der Waals surface area contributed by atoms with Crippen molar-refractivity contribution in [3.63, 3.8) is 0 Å². The normalized spacial score (nSPS) is 23.5. The summed E-state index contributed by atoms with van der Waals surface area (Å²) >= 11 is 0. The SMILES string of the molecule is CCC1CCCC(c2noc(CC(=O)COC)n2)C1. The molecule has 0 radical (unpaired) electrons. The van der Waals surface area contributed by atoms with Crippen molar-refractivity contribution in [3.8, 4) is 0 Å². The van der Waals surface area contributed by atoms with E-state index in [1.54, 1.807) is 0 Å². The van der Waals surface area contributed by atoms with Gasteiger partial charge in [0.1, 0.15) is 6.61 Å². The Bertz CT molecular complexity index is 417. The van der Waals surface area contributed by atoms with Crippen molar-refractivity contribution < 1.29 is 14.1 Å². The summed E-state index contributed by atoms with van der Waals surface area (Å²) in [5, 5.41) is 4.04. The van der Waals surface area contributed by atoms with Gasteiger partial charge >= 0.3 is 0 Å². The Hall–Kier alpha value is -1.23. The number of Topliss-reactive ketones (excluding diaryl/α,β-unsaturated/α-hetero) is 1. The Kier molecular flexibility index (Phi) is 5.07. The van der Waals surface area contributed by atoms with Crippen LogP contribution >= 0.6 is 0 Å². The van der Waals surface area contributed by atoms with E-state index in [1.807, 2.05) is 0 Å². The number of hydrogen-bond donors (Lipinski definition) is 0. The minimum Gasteiger partial charge on any atom is -0.377 e. The van der Waals surface area contributed by atoms with Crippen LogP contribution in [0.3, 0.4) is 0 Å². The lowest BCUT2D eigenvalue weighted by molar-refractivity contribution is -0.122. The highest BCUT2D eigenvalue weighted by molar-refractivity contribution is 5.81. The monoisotopic (exact) mass is 266 g/mol. The van der Waals surface area contributed by atoms with Gasteiger partial charge in [-0.3, -0.25) is 4.79 Å². The number of hydrogen-bond acceptors (Lipinski definition) is 5. The molecule has 2 rings (SSSR count). The quantitative estimate of drug-likeness (QED) is 0.791. The molecule has 0 spiro atoms. The summed E-state index contributed by atoms with van der Waals surface area (Å²) in [5.41, 5.74) is 0. The van der Waals surface area contributed by atoms with Gasteiger partial charge in [-0.1, -0.05) is 31.3 Å². The van der Waals surface area contributed by atoms with E-state index in [0.717, 1.165) is 24.6 Å². The molecule has 0 saturated heterocycles. The number of ether oxygens (including phenoxy) is 1. The maximum Gasteiger partial charge on any atom is 0.234 e. The van der Waals surface area contributed by atoms with Crippen molar-refractivity contribution in [2.75, 3.05) is 13.7 Å². The van der Waals surface area contributed by atoms with Crippen LogP contribution in [0.4, 0.5) is 0 Å². The van der Waals surface area contributed by atoms with Gasteiger partial charge in [0.2, 0.25) is 5.89 Å². The first-order valence-corrected chi connectivity index (χ1v) is 7.06. The molecule has 1 aliphatic rings. The average molecular weight is 266 g/mol. The van der Waals surface area contributed by atoms with Gasteiger partial charge in [-0.05, 0) is 18.8 Å². The van der Waals surface area contributed by atoms with Crippen LogP contribution in [0.15, 0.2) is 4.52 Å². The van der Waals surface area contributed by atoms with Crippen LogP contribution in [0.25, 0.3) is 0 Å². The largest absolute Gasteiger partial charge is 0.377 e. The van der Waals surface area contributed by atoms with Crippen molar-refractivity contribution in [2.24, 2.45) is 5.92 Å². The van der Waals surface area contributed by atoms with Gasteiger partial charge in [-0.15, -0.1) is 0 Å². The highest BCUT2D eigenvalue weighted by Crippen LogP contribution is 2.36. The molecule has 1 aromatic rings. The first-order chi connectivity index (χ1) is 9.22. The minimum atomic E-state index is -0.0345. The number of carbonyl (C=O) groups excluding carboxylic acids is 1. The molecule has 0 aromatic carbocycles. The number of ketones is 1. The summed E-state index contributed by atoms with van der Waals surface area (Å²) < 4.78 is 9.95. The molecule has 0 N–H and O–H groups in total. The second-order valence-electron chi connectivity index (χ2n) is 5.33. The molecule has 0 amide bonds. The molecule has 1 aliphatic carbocycles. The molecule has 5 heteroatoms. The van der Waals surface area contributed by atoms with E-state index in [4.69, 9.17) is 9.26 Å². The van der Waals surface area contributed by atoms with Crippen molar-refractivity contribution in [2.45, 2.75) is 51.4 Å². The van der Waals surface area contributed by atoms with Crippen molar-refractivity contribution in [1.29, 1.82) is 0 Å². The number of carbonyl (C=O) groups is 1. The Morgan fingerprint density at radius 3 is 3.05 bits per heavy atom. The number of methoxy groups -OCH3 is 1. The van der Waals surface area contributed by atoms with Crippen LogP contribution in [-0.2, 0) is 16.0 Å². The van der Waals surface area contributed by atoms with E-state index in [9.17, 15) is 4.79 Å². The molecule has 2 atom stereocenters. The van der Waals surface area contributed by atoms with E-state index in [2.05, 4.69) is 17.1 Å². The van der Waals surface area contributed by atoms with E-state index in [0.29, 0.717) is 11.8 Å². The standard InChI is InChI=1S/C14H22N2O3/c1-3-10-5-4-6-11(7-10)14-15-13(19-16-14)8-12(17)9-18-2/h10-11H,3-9H2,1-2H3. The molecule has 0 aliphatic heterocycles. The second kappa shape index (κ2) is 6.80. The zero-order valence-corrected chi connectivity index (χ0v) is 11.7. The minimum absolute atomic E-state index is 0.0345. The van der Waals surface area contributed by atoms with Crippen LogP contribution in [-0.4, -0.2) is 29.6 Å². The Morgan fingerprint density at radius 2 is 2.32 bits per heavy atom. The number of aromatic nitrogens is 2. The lowest BCUT2D eigenvalue weighted by Crippen LogP contribution is -2.15. The van der Waals surface area contributed by atoms with Crippen LogP contribution in [0.1, 0.15) is 56.7 Å². The fourth-order valence-corrected chi connectivity index (χ4v) is 2.78. The first-order valence-electron chi connectivity index (χ1n) is 7.06. The molecule has 1 fully saturated rings. The maximum absolute atomic E-state index is 11.4. The molecule has 1 saturated carbocycles. The van der Waals surface area contributed by atoms with Gasteiger partial charge in [0.25, 0.3) is 0 Å². The highest BCUT2D eigenvalue weighted by atomic mass is 16.5. The summed E-state index contributed by atoms with van der Waals surface area (Å²) in [5.74, 6) is 2.33. The summed E-state index contributed by atoms with van der Waals surface area (Å²) in [6, 6.07) is 0. The zero-order chi connectivity index (χ0) is 13.7. The fourth-order valence-electron chi connectivity index (χ4n) is 2.78. The van der Waals surface area contributed by atoms with Gasteiger partial charge < -0.3 is 9.26 Å². The second-order valence-corrected chi connectivity index (χ2v) is 5.33. The predicted molar refractivity (Wildman–Crippen MR) is 69.9 cm³/mol. The summed E-state index contributed by atoms with van der Waals surface area (Å²) in [7, 11) is 1.50. The summed E-state index contributed by atoms with van der Waals surface area (Å²) in [6.07, 6.45) is 6.20. The van der Waals surface area contributed by atoms with E-state index < -0.39 is 0 Å². The van der Waals surface area contributed by atoms with Crippen molar-refractivity contribution in [3.05, 3.63) is 11.7 Å². The third kappa shape index (κ3) is 3.86. The maximum atomic E-state index is 11.4. The van der Waals surface area contributed by atoms with E-state index >= 15 is 0 Å². The third-order valence-corrected chi connectivity index (χ3v) is 3.86. The van der Waals surface area contributed by atoms with Gasteiger partial charge in [0, 0.05) is 13.0 Å². The number of nitrogens with zero attached hydrogens (tertiary/aromatic N) is 2. The molecule has 106 valence electrons. The smallest absolute Gasteiger partial charge is 0.234 e. The Balaban J connectivity index is 1.94. The topological polar surface area (TPSA) is 65.2 Å². The predicted octanol–water partition coefficient (Wildman–Crippen LogP) is 2.51. The molecule has 0 bridgehead atoms. The average Bonchev–Trinajstić information content (AvgIpc) is 2.87. The molecule has 19 heavy (non-hydrogen) atoms. The molecule has 1 heterocycles. The highest BCUT2D eigenvalue weighted by Gasteiger charge is 2.26. The van der Waals surface area contributed by atoms with Crippen LogP contribution < -0.4 is 0 Å². The molecule has 2 unspecified atom stereocenters. The molecular formula is C14H22N2O3. The molecular weight excluding hydrogens is 244 g/mol. The van der Waals surface area contributed by atoms with Crippen molar-refractivity contribution in [1.82, 2.24) is 10.1 Å². The Morgan fingerprint density at radius 1 is 1.47 bits per heavy atom. The van der Waals surface area contributed by atoms with Crippen LogP contribution in [0, 0.1) is 5.92 Å². The van der Waals surface area contributed by atoms with Crippen molar-refractivity contribution >= 4 is 5.78 Å². The zero-order valence-electron chi connectivity index (χ0n) is 11.7. The van der Waals surface area contributed by atoms with Gasteiger partial charge in [-0.25, -0.2) is 0 Å². The van der Waals surface area contributed by atoms with E-state index in [-0.39, 0.29) is 18.8 Å². The Labute approximate surface area is 113 Å². The lowest BCUT2D eigenvalue weighted by atomic mass is 9.80. The van der Waals surface area contributed by atoms with Crippen LogP contribution in [0.2, 0.25) is 0 Å². The van der Waals surface area contributed by atoms with Crippen LogP contribution in [0.5, 0.6) is 0 Å². The van der Waals surface area contributed by atoms with Gasteiger partial charge in [-0.2, -0.15) is 4.98 Å². The molecule has 5 nitrogen and oxygen atoms in total. The lowest BCUT2D eigenvalue weighted by Gasteiger charge is -2.26. The van der Waals surface area contributed by atoms with Gasteiger partial charge in [0.15, 0.2) is 11.6 Å². The summed E-state index contributed by atoms with van der Waals surface area (Å²) in [6.45, 7) is 2.33. The fraction of sp³-hybridized carbons (Fsp3) is 0.786. The third-order valence-electron chi connectivity index (χ3n) is 3.86.